The summed E-state index contributed by atoms with van der Waals surface area (Å²) in [5, 5.41) is 14.8. The molecule has 4 aliphatic rings. The van der Waals surface area contributed by atoms with Crippen LogP contribution in [-0.2, 0) is 9.59 Å². The van der Waals surface area contributed by atoms with Crippen LogP contribution in [0.3, 0.4) is 0 Å². The van der Waals surface area contributed by atoms with Gasteiger partial charge in [0.15, 0.2) is 11.5 Å². The lowest BCUT2D eigenvalue weighted by Crippen LogP contribution is -2.38. The Labute approximate surface area is 139 Å². The maximum absolute atomic E-state index is 12.6. The molecule has 3 aliphatic carbocycles. The van der Waals surface area contributed by atoms with E-state index in [1.54, 1.807) is 12.1 Å². The van der Waals surface area contributed by atoms with Gasteiger partial charge in [0.2, 0.25) is 0 Å². The minimum Gasteiger partial charge on any atom is -0.504 e. The molecule has 5 rings (SSSR count). The third-order valence-corrected chi connectivity index (χ3v) is 5.26. The van der Waals surface area contributed by atoms with Crippen molar-refractivity contribution in [2.45, 2.75) is 12.8 Å². The van der Waals surface area contributed by atoms with Crippen LogP contribution in [0.15, 0.2) is 35.5 Å². The number of carbonyl (C=O) groups excluding carboxylic acids is 2. The lowest BCUT2D eigenvalue weighted by atomic mass is 9.63. The van der Waals surface area contributed by atoms with Gasteiger partial charge >= 0.3 is 0 Å². The maximum Gasteiger partial charge on any atom is 0.254 e. The van der Waals surface area contributed by atoms with Crippen molar-refractivity contribution in [2.24, 2.45) is 28.8 Å². The number of carbonyl (C=O) groups is 2. The number of hydrazone groups is 1. The zero-order valence-corrected chi connectivity index (χ0v) is 13.3. The van der Waals surface area contributed by atoms with E-state index in [-0.39, 0.29) is 41.2 Å². The summed E-state index contributed by atoms with van der Waals surface area (Å²) in [6.45, 7) is 0. The molecule has 124 valence electrons. The van der Waals surface area contributed by atoms with Gasteiger partial charge in [-0.2, -0.15) is 10.1 Å². The van der Waals surface area contributed by atoms with Crippen LogP contribution in [0.4, 0.5) is 0 Å². The van der Waals surface area contributed by atoms with Crippen LogP contribution in [0.1, 0.15) is 18.4 Å². The van der Waals surface area contributed by atoms with Gasteiger partial charge in [-0.1, -0.05) is 12.2 Å². The van der Waals surface area contributed by atoms with Crippen LogP contribution >= 0.6 is 0 Å². The second kappa shape index (κ2) is 5.47. The van der Waals surface area contributed by atoms with Crippen molar-refractivity contribution >= 4 is 18.0 Å². The molecule has 24 heavy (non-hydrogen) atoms. The molecule has 1 saturated heterocycles. The summed E-state index contributed by atoms with van der Waals surface area (Å²) < 4.78 is 5.05. The Kier molecular flexibility index (Phi) is 3.40. The van der Waals surface area contributed by atoms with E-state index < -0.39 is 0 Å². The van der Waals surface area contributed by atoms with Crippen LogP contribution < -0.4 is 4.74 Å². The molecule has 6 nitrogen and oxygen atoms in total. The van der Waals surface area contributed by atoms with E-state index in [0.717, 1.165) is 17.9 Å². The predicted octanol–water partition coefficient (Wildman–Crippen LogP) is 1.93. The van der Waals surface area contributed by atoms with Crippen LogP contribution in [0.5, 0.6) is 11.5 Å². The molecule has 4 atom stereocenters. The van der Waals surface area contributed by atoms with Crippen molar-refractivity contribution in [3.63, 3.8) is 0 Å². The quantitative estimate of drug-likeness (QED) is 0.523. The number of imide groups is 1. The molecule has 1 N–H and O–H groups in total. The monoisotopic (exact) mass is 326 g/mol. The number of aromatic hydroxyl groups is 1. The maximum atomic E-state index is 12.6. The van der Waals surface area contributed by atoms with Gasteiger partial charge in [0.1, 0.15) is 0 Å². The zero-order chi connectivity index (χ0) is 16.8. The topological polar surface area (TPSA) is 79.2 Å². The zero-order valence-electron chi connectivity index (χ0n) is 13.3. The number of hydrogen-bond acceptors (Lipinski definition) is 5. The Bertz CT molecular complexity index is 738. The summed E-state index contributed by atoms with van der Waals surface area (Å²) in [6.07, 6.45) is 7.55. The summed E-state index contributed by atoms with van der Waals surface area (Å²) in [5.41, 5.74) is 0.640. The molecule has 1 aliphatic heterocycles. The summed E-state index contributed by atoms with van der Waals surface area (Å²) in [7, 11) is 1.46. The van der Waals surface area contributed by atoms with Gasteiger partial charge in [-0.15, -0.1) is 0 Å². The summed E-state index contributed by atoms with van der Waals surface area (Å²) >= 11 is 0. The Balaban J connectivity index is 1.59. The van der Waals surface area contributed by atoms with Gasteiger partial charge in [-0.3, -0.25) is 9.59 Å². The van der Waals surface area contributed by atoms with E-state index in [4.69, 9.17) is 4.74 Å². The number of benzene rings is 1. The van der Waals surface area contributed by atoms with Crippen molar-refractivity contribution < 1.29 is 19.4 Å². The van der Waals surface area contributed by atoms with E-state index in [0.29, 0.717) is 11.3 Å². The first kappa shape index (κ1) is 14.9. The van der Waals surface area contributed by atoms with E-state index in [2.05, 4.69) is 17.3 Å². The van der Waals surface area contributed by atoms with E-state index >= 15 is 0 Å². The fourth-order valence-electron chi connectivity index (χ4n) is 4.07. The molecule has 2 bridgehead atoms. The van der Waals surface area contributed by atoms with Crippen molar-refractivity contribution in [1.29, 1.82) is 0 Å². The highest BCUT2D eigenvalue weighted by molar-refractivity contribution is 6.06. The van der Waals surface area contributed by atoms with Crippen molar-refractivity contribution in [3.05, 3.63) is 35.9 Å². The van der Waals surface area contributed by atoms with Crippen molar-refractivity contribution in [2.75, 3.05) is 7.11 Å². The van der Waals surface area contributed by atoms with E-state index in [9.17, 15) is 14.7 Å². The van der Waals surface area contributed by atoms with Gasteiger partial charge in [0, 0.05) is 0 Å². The molecule has 2 fully saturated rings. The molecule has 0 unspecified atom stereocenters. The summed E-state index contributed by atoms with van der Waals surface area (Å²) in [4.78, 5) is 25.3. The van der Waals surface area contributed by atoms with Crippen molar-refractivity contribution in [3.8, 4) is 11.5 Å². The average molecular weight is 326 g/mol. The summed E-state index contributed by atoms with van der Waals surface area (Å²) in [6, 6.07) is 4.73. The molecule has 1 heterocycles. The Hall–Kier alpha value is -2.63. The Morgan fingerprint density at radius 1 is 1.17 bits per heavy atom. The average Bonchev–Trinajstić information content (AvgIpc) is 2.88. The predicted molar refractivity (Wildman–Crippen MR) is 86.4 cm³/mol. The van der Waals surface area contributed by atoms with Gasteiger partial charge in [0.25, 0.3) is 11.8 Å². The number of allylic oxidation sites excluding steroid dienone is 2. The SMILES string of the molecule is COc1cc(/C=N\N2C(=O)[C@@H]3[C@H](C2=O)[C@@H]2C=C[C@H]3CC2)ccc1O. The normalized spacial score (nSPS) is 31.1. The smallest absolute Gasteiger partial charge is 0.254 e. The highest BCUT2D eigenvalue weighted by atomic mass is 16.5. The lowest BCUT2D eigenvalue weighted by Gasteiger charge is -2.37. The molecular formula is C18H18N2O4. The molecule has 1 aromatic carbocycles. The van der Waals surface area contributed by atoms with Crippen molar-refractivity contribution in [1.82, 2.24) is 5.01 Å². The van der Waals surface area contributed by atoms with Crippen LogP contribution in [0.25, 0.3) is 0 Å². The third-order valence-electron chi connectivity index (χ3n) is 5.26. The van der Waals surface area contributed by atoms with Gasteiger partial charge in [0.05, 0.1) is 25.2 Å². The number of hydrogen-bond donors (Lipinski definition) is 1. The number of ether oxygens (including phenoxy) is 1. The fraction of sp³-hybridized carbons (Fsp3) is 0.389. The minimum atomic E-state index is -0.257. The Morgan fingerprint density at radius 2 is 1.79 bits per heavy atom. The van der Waals surface area contributed by atoms with Gasteiger partial charge in [-0.25, -0.2) is 0 Å². The minimum absolute atomic E-state index is 0.0247. The fourth-order valence-corrected chi connectivity index (χ4v) is 4.07. The van der Waals surface area contributed by atoms with Crippen LogP contribution in [-0.4, -0.2) is 35.3 Å². The van der Waals surface area contributed by atoms with Crippen LogP contribution in [0.2, 0.25) is 0 Å². The standard InChI is InChI=1S/C18H18N2O4/c1-24-14-8-10(2-7-13(14)21)9-19-20-17(22)15-11-3-4-12(6-5-11)16(15)18(20)23/h2-4,7-9,11-12,15-16,21H,5-6H2,1H3/b19-9-/t11-,12+,15-,16+. The van der Waals surface area contributed by atoms with Crippen LogP contribution in [0, 0.1) is 23.7 Å². The number of rotatable bonds is 3. The molecule has 0 radical (unpaired) electrons. The molecule has 0 aromatic heterocycles. The number of methoxy groups -OCH3 is 1. The second-order valence-corrected chi connectivity index (χ2v) is 6.51. The molecule has 0 spiro atoms. The number of amides is 2. The number of phenols is 1. The summed E-state index contributed by atoms with van der Waals surface area (Å²) in [5.74, 6) is -0.265. The largest absolute Gasteiger partial charge is 0.504 e. The first-order valence-corrected chi connectivity index (χ1v) is 8.07. The number of fused-ring (bicyclic) bond motifs is 1. The van der Waals surface area contributed by atoms with E-state index in [1.807, 2.05) is 0 Å². The number of phenolic OH excluding ortho intramolecular Hbond substituents is 1. The molecule has 2 amide bonds. The highest BCUT2D eigenvalue weighted by Gasteiger charge is 2.56. The lowest BCUT2D eigenvalue weighted by molar-refractivity contribution is -0.140. The van der Waals surface area contributed by atoms with Gasteiger partial charge in [-0.05, 0) is 48.4 Å². The first-order chi connectivity index (χ1) is 11.6. The molecular weight excluding hydrogens is 308 g/mol. The molecule has 1 saturated carbocycles. The van der Waals surface area contributed by atoms with Gasteiger partial charge < -0.3 is 9.84 Å². The second-order valence-electron chi connectivity index (χ2n) is 6.51. The molecule has 1 aromatic rings. The molecule has 6 heteroatoms. The first-order valence-electron chi connectivity index (χ1n) is 8.07. The Morgan fingerprint density at radius 3 is 2.33 bits per heavy atom. The number of nitrogens with zero attached hydrogens (tertiary/aromatic N) is 2. The van der Waals surface area contributed by atoms with E-state index in [1.165, 1.54) is 19.4 Å². The highest BCUT2D eigenvalue weighted by Crippen LogP contribution is 2.49. The third kappa shape index (κ3) is 2.13.